The molecule has 2 aromatic rings. The van der Waals surface area contributed by atoms with Crippen LogP contribution in [0.15, 0.2) is 35.1 Å². The summed E-state index contributed by atoms with van der Waals surface area (Å²) in [5.74, 6) is -0.559. The minimum absolute atomic E-state index is 0.270. The van der Waals surface area contributed by atoms with Gasteiger partial charge in [-0.2, -0.15) is 0 Å². The molecule has 0 saturated carbocycles. The van der Waals surface area contributed by atoms with Crippen LogP contribution in [0.3, 0.4) is 0 Å². The SMILES string of the molecule is CC1Oc2ccccc2-c2[nH]c(=O)c(C(=O)O)cc21. The molecular formula is C14H11NO4. The van der Waals surface area contributed by atoms with E-state index in [1.807, 2.05) is 31.2 Å². The lowest BCUT2D eigenvalue weighted by atomic mass is 9.97. The molecule has 1 aliphatic rings. The Morgan fingerprint density at radius 2 is 2.11 bits per heavy atom. The number of nitrogens with one attached hydrogen (secondary N) is 1. The number of carbonyl (C=O) groups is 1. The third-order valence-electron chi connectivity index (χ3n) is 3.20. The lowest BCUT2D eigenvalue weighted by Crippen LogP contribution is -2.22. The Morgan fingerprint density at radius 1 is 1.37 bits per heavy atom. The van der Waals surface area contributed by atoms with Crippen molar-refractivity contribution in [2.45, 2.75) is 13.0 Å². The first-order valence-electron chi connectivity index (χ1n) is 5.84. The van der Waals surface area contributed by atoms with E-state index in [2.05, 4.69) is 4.98 Å². The van der Waals surface area contributed by atoms with Gasteiger partial charge in [0.15, 0.2) is 0 Å². The van der Waals surface area contributed by atoms with E-state index >= 15 is 0 Å². The van der Waals surface area contributed by atoms with E-state index in [-0.39, 0.29) is 11.7 Å². The maximum Gasteiger partial charge on any atom is 0.341 e. The van der Waals surface area contributed by atoms with Gasteiger partial charge in [0.25, 0.3) is 5.56 Å². The molecule has 1 atom stereocenters. The van der Waals surface area contributed by atoms with Gasteiger partial charge in [-0.05, 0) is 25.1 Å². The molecule has 5 nitrogen and oxygen atoms in total. The molecule has 0 bridgehead atoms. The number of hydrogen-bond donors (Lipinski definition) is 2. The number of hydrogen-bond acceptors (Lipinski definition) is 3. The summed E-state index contributed by atoms with van der Waals surface area (Å²) in [7, 11) is 0. The van der Waals surface area contributed by atoms with Crippen molar-refractivity contribution in [3.63, 3.8) is 0 Å². The van der Waals surface area contributed by atoms with Crippen molar-refractivity contribution in [2.75, 3.05) is 0 Å². The standard InChI is InChI=1S/C14H11NO4/c1-7-9-6-10(14(17)18)13(16)15-12(9)8-4-2-3-5-11(8)19-7/h2-7H,1H3,(H,15,16)(H,17,18). The zero-order valence-corrected chi connectivity index (χ0v) is 10.1. The zero-order chi connectivity index (χ0) is 13.6. The van der Waals surface area contributed by atoms with Crippen LogP contribution in [0.5, 0.6) is 5.75 Å². The maximum absolute atomic E-state index is 11.8. The van der Waals surface area contributed by atoms with Gasteiger partial charge in [0.05, 0.1) is 5.69 Å². The second-order valence-corrected chi connectivity index (χ2v) is 4.40. The number of pyridine rings is 1. The molecule has 1 aliphatic heterocycles. The molecule has 2 N–H and O–H groups in total. The monoisotopic (exact) mass is 257 g/mol. The van der Waals surface area contributed by atoms with E-state index in [1.165, 1.54) is 6.07 Å². The van der Waals surface area contributed by atoms with Crippen LogP contribution in [0.25, 0.3) is 11.3 Å². The molecular weight excluding hydrogens is 246 g/mol. The van der Waals surface area contributed by atoms with Crippen LogP contribution in [0, 0.1) is 0 Å². The summed E-state index contributed by atoms with van der Waals surface area (Å²) in [5, 5.41) is 8.99. The van der Waals surface area contributed by atoms with Crippen LogP contribution in [0.1, 0.15) is 28.9 Å². The molecule has 1 aromatic carbocycles. The maximum atomic E-state index is 11.8. The van der Waals surface area contributed by atoms with Gasteiger partial charge >= 0.3 is 5.97 Å². The number of aromatic amines is 1. The van der Waals surface area contributed by atoms with Gasteiger partial charge in [0, 0.05) is 11.1 Å². The Labute approximate surface area is 108 Å². The number of aromatic carboxylic acids is 1. The van der Waals surface area contributed by atoms with Gasteiger partial charge in [-0.1, -0.05) is 12.1 Å². The molecule has 0 amide bonds. The van der Waals surface area contributed by atoms with Gasteiger partial charge in [-0.25, -0.2) is 4.79 Å². The van der Waals surface area contributed by atoms with Crippen LogP contribution in [-0.2, 0) is 0 Å². The number of rotatable bonds is 1. The van der Waals surface area contributed by atoms with E-state index in [9.17, 15) is 9.59 Å². The lowest BCUT2D eigenvalue weighted by molar-refractivity contribution is 0.0694. The van der Waals surface area contributed by atoms with E-state index in [1.54, 1.807) is 0 Å². The third-order valence-corrected chi connectivity index (χ3v) is 3.20. The quantitative estimate of drug-likeness (QED) is 0.820. The highest BCUT2D eigenvalue weighted by atomic mass is 16.5. The smallest absolute Gasteiger partial charge is 0.341 e. The minimum Gasteiger partial charge on any atom is -0.485 e. The van der Waals surface area contributed by atoms with Crippen molar-refractivity contribution >= 4 is 5.97 Å². The van der Waals surface area contributed by atoms with Crippen molar-refractivity contribution in [2.24, 2.45) is 0 Å². The van der Waals surface area contributed by atoms with E-state index in [0.29, 0.717) is 17.0 Å². The molecule has 2 heterocycles. The van der Waals surface area contributed by atoms with E-state index < -0.39 is 11.5 Å². The number of benzene rings is 1. The first kappa shape index (κ1) is 11.5. The number of ether oxygens (including phenoxy) is 1. The van der Waals surface area contributed by atoms with Crippen LogP contribution in [-0.4, -0.2) is 16.1 Å². The Morgan fingerprint density at radius 3 is 2.84 bits per heavy atom. The van der Waals surface area contributed by atoms with Crippen molar-refractivity contribution in [1.82, 2.24) is 4.98 Å². The molecule has 0 fully saturated rings. The Bertz CT molecular complexity index is 732. The molecule has 0 aliphatic carbocycles. The molecule has 3 rings (SSSR count). The summed E-state index contributed by atoms with van der Waals surface area (Å²) in [6.07, 6.45) is -0.306. The van der Waals surface area contributed by atoms with Crippen LogP contribution < -0.4 is 10.3 Å². The first-order chi connectivity index (χ1) is 9.08. The summed E-state index contributed by atoms with van der Waals surface area (Å²) in [4.78, 5) is 25.4. The summed E-state index contributed by atoms with van der Waals surface area (Å²) >= 11 is 0. The highest BCUT2D eigenvalue weighted by molar-refractivity contribution is 5.88. The number of fused-ring (bicyclic) bond motifs is 3. The molecule has 5 heteroatoms. The molecule has 96 valence electrons. The summed E-state index contributed by atoms with van der Waals surface area (Å²) in [6.45, 7) is 1.82. The fraction of sp³-hybridized carbons (Fsp3) is 0.143. The number of aromatic nitrogens is 1. The van der Waals surface area contributed by atoms with E-state index in [0.717, 1.165) is 5.56 Å². The minimum atomic E-state index is -1.24. The Kier molecular flexibility index (Phi) is 2.41. The Balaban J connectivity index is 2.31. The first-order valence-corrected chi connectivity index (χ1v) is 5.84. The second kappa shape index (κ2) is 3.98. The molecule has 1 aromatic heterocycles. The molecule has 0 radical (unpaired) electrons. The summed E-state index contributed by atoms with van der Waals surface area (Å²) in [5.41, 5.74) is 1.20. The van der Waals surface area contributed by atoms with Gasteiger partial charge < -0.3 is 14.8 Å². The summed E-state index contributed by atoms with van der Waals surface area (Å²) in [6, 6.07) is 8.72. The van der Waals surface area contributed by atoms with Gasteiger partial charge in [-0.15, -0.1) is 0 Å². The molecule has 0 spiro atoms. The zero-order valence-electron chi connectivity index (χ0n) is 10.1. The fourth-order valence-electron chi connectivity index (χ4n) is 2.28. The lowest BCUT2D eigenvalue weighted by Gasteiger charge is -2.26. The van der Waals surface area contributed by atoms with Gasteiger partial charge in [-0.3, -0.25) is 4.79 Å². The second-order valence-electron chi connectivity index (χ2n) is 4.40. The normalized spacial score (nSPS) is 16.2. The predicted molar refractivity (Wildman–Crippen MR) is 68.5 cm³/mol. The number of H-pyrrole nitrogens is 1. The molecule has 0 saturated heterocycles. The molecule has 19 heavy (non-hydrogen) atoms. The fourth-order valence-corrected chi connectivity index (χ4v) is 2.28. The highest BCUT2D eigenvalue weighted by Crippen LogP contribution is 2.40. The van der Waals surface area contributed by atoms with Gasteiger partial charge in [0.1, 0.15) is 17.4 Å². The van der Waals surface area contributed by atoms with Crippen molar-refractivity contribution < 1.29 is 14.6 Å². The average Bonchev–Trinajstić information content (AvgIpc) is 2.38. The largest absolute Gasteiger partial charge is 0.485 e. The average molecular weight is 257 g/mol. The van der Waals surface area contributed by atoms with Crippen molar-refractivity contribution in [3.05, 3.63) is 51.8 Å². The van der Waals surface area contributed by atoms with Gasteiger partial charge in [0.2, 0.25) is 0 Å². The summed E-state index contributed by atoms with van der Waals surface area (Å²) < 4.78 is 5.72. The molecule has 1 unspecified atom stereocenters. The number of carboxylic acid groups (broad SMARTS) is 1. The van der Waals surface area contributed by atoms with Crippen LogP contribution in [0.2, 0.25) is 0 Å². The predicted octanol–water partition coefficient (Wildman–Crippen LogP) is 2.19. The van der Waals surface area contributed by atoms with E-state index in [4.69, 9.17) is 9.84 Å². The third kappa shape index (κ3) is 1.71. The topological polar surface area (TPSA) is 79.4 Å². The van der Waals surface area contributed by atoms with Crippen LogP contribution >= 0.6 is 0 Å². The van der Waals surface area contributed by atoms with Crippen LogP contribution in [0.4, 0.5) is 0 Å². The Hall–Kier alpha value is -2.56. The highest BCUT2D eigenvalue weighted by Gasteiger charge is 2.25. The van der Waals surface area contributed by atoms with Crippen molar-refractivity contribution in [3.8, 4) is 17.0 Å². The number of carboxylic acids is 1. The van der Waals surface area contributed by atoms with Crippen molar-refractivity contribution in [1.29, 1.82) is 0 Å². The number of para-hydroxylation sites is 1.